The van der Waals surface area contributed by atoms with E-state index in [4.69, 9.17) is 30.5 Å². The number of fused-ring (bicyclic) bond motifs is 1. The lowest BCUT2D eigenvalue weighted by atomic mass is 10.2. The van der Waals surface area contributed by atoms with Gasteiger partial charge in [-0.15, -0.1) is 0 Å². The molecule has 0 atom stereocenters. The van der Waals surface area contributed by atoms with Crippen molar-refractivity contribution in [2.24, 2.45) is 0 Å². The highest BCUT2D eigenvalue weighted by Crippen LogP contribution is 2.28. The molecule has 0 N–H and O–H groups in total. The van der Waals surface area contributed by atoms with Crippen LogP contribution in [0.5, 0.6) is 11.5 Å². The maximum atomic E-state index is 12.5. The summed E-state index contributed by atoms with van der Waals surface area (Å²) >= 11 is 5.97. The van der Waals surface area contributed by atoms with Crippen LogP contribution in [-0.4, -0.2) is 66.2 Å². The minimum atomic E-state index is -0.533. The summed E-state index contributed by atoms with van der Waals surface area (Å²) < 4.78 is 23.3. The van der Waals surface area contributed by atoms with Gasteiger partial charge in [-0.05, 0) is 30.3 Å². The van der Waals surface area contributed by atoms with Crippen molar-refractivity contribution in [3.8, 4) is 11.5 Å². The van der Waals surface area contributed by atoms with Crippen molar-refractivity contribution in [1.29, 1.82) is 0 Å². The van der Waals surface area contributed by atoms with Crippen LogP contribution in [0.15, 0.2) is 42.7 Å². The average molecular weight is 460 g/mol. The molecule has 2 aromatic heterocycles. The van der Waals surface area contributed by atoms with E-state index in [-0.39, 0.29) is 19.1 Å². The topological polar surface area (TPSA) is 91.6 Å². The van der Waals surface area contributed by atoms with E-state index >= 15 is 0 Å². The number of methoxy groups -OCH3 is 1. The number of hydrogen-bond donors (Lipinski definition) is 0. The number of hydrogen-bond acceptors (Lipinski definition) is 7. The van der Waals surface area contributed by atoms with Gasteiger partial charge in [-0.2, -0.15) is 0 Å². The molecule has 0 radical (unpaired) electrons. The molecule has 1 amide bonds. The minimum Gasteiger partial charge on any atom is -0.493 e. The molecule has 9 nitrogen and oxygen atoms in total. The Morgan fingerprint density at radius 1 is 1.12 bits per heavy atom. The maximum absolute atomic E-state index is 12.5. The van der Waals surface area contributed by atoms with E-state index in [1.165, 1.54) is 13.2 Å². The third-order valence-corrected chi connectivity index (χ3v) is 5.15. The summed E-state index contributed by atoms with van der Waals surface area (Å²) in [5.74, 6) is 0.0291. The quantitative estimate of drug-likeness (QED) is 0.501. The first-order valence-electron chi connectivity index (χ1n) is 10.00. The van der Waals surface area contributed by atoms with Crippen LogP contribution in [-0.2, 0) is 20.9 Å². The molecule has 168 valence electrons. The fourth-order valence-corrected chi connectivity index (χ4v) is 3.44. The predicted octanol–water partition coefficient (Wildman–Crippen LogP) is 2.59. The molecule has 32 heavy (non-hydrogen) atoms. The Kier molecular flexibility index (Phi) is 6.77. The Morgan fingerprint density at radius 2 is 1.94 bits per heavy atom. The van der Waals surface area contributed by atoms with Gasteiger partial charge in [0.1, 0.15) is 12.3 Å². The van der Waals surface area contributed by atoms with Gasteiger partial charge >= 0.3 is 5.97 Å². The Hall–Kier alpha value is -3.30. The summed E-state index contributed by atoms with van der Waals surface area (Å²) in [6.07, 6.45) is 3.47. The van der Waals surface area contributed by atoms with Crippen LogP contribution in [0, 0.1) is 0 Å². The molecule has 3 heterocycles. The minimum absolute atomic E-state index is 0.00670. The van der Waals surface area contributed by atoms with Crippen LogP contribution in [0.25, 0.3) is 5.65 Å². The molecule has 0 unspecified atom stereocenters. The summed E-state index contributed by atoms with van der Waals surface area (Å²) in [4.78, 5) is 30.8. The van der Waals surface area contributed by atoms with Gasteiger partial charge in [0.2, 0.25) is 0 Å². The normalized spacial score (nSPS) is 13.8. The van der Waals surface area contributed by atoms with Gasteiger partial charge in [0.25, 0.3) is 5.91 Å². The number of esters is 1. The van der Waals surface area contributed by atoms with E-state index in [1.54, 1.807) is 46.0 Å². The number of amides is 1. The number of nitrogens with zero attached hydrogens (tertiary/aromatic N) is 3. The highest BCUT2D eigenvalue weighted by atomic mass is 35.5. The van der Waals surface area contributed by atoms with Gasteiger partial charge in [0.05, 0.1) is 36.6 Å². The van der Waals surface area contributed by atoms with Crippen LogP contribution >= 0.6 is 11.6 Å². The molecular weight excluding hydrogens is 438 g/mol. The number of pyridine rings is 1. The molecule has 10 heteroatoms. The van der Waals surface area contributed by atoms with Gasteiger partial charge in [0, 0.05) is 25.5 Å². The number of carbonyl (C=O) groups is 2. The maximum Gasteiger partial charge on any atom is 0.338 e. The number of imidazole rings is 1. The number of halogens is 1. The molecule has 4 rings (SSSR count). The van der Waals surface area contributed by atoms with Crippen molar-refractivity contribution in [3.05, 3.63) is 59.0 Å². The van der Waals surface area contributed by atoms with Crippen molar-refractivity contribution >= 4 is 29.1 Å². The molecule has 0 bridgehead atoms. The smallest absolute Gasteiger partial charge is 0.338 e. The summed E-state index contributed by atoms with van der Waals surface area (Å²) in [5.41, 5.74) is 1.59. The van der Waals surface area contributed by atoms with E-state index in [2.05, 4.69) is 4.98 Å². The van der Waals surface area contributed by atoms with Gasteiger partial charge in [-0.1, -0.05) is 11.6 Å². The van der Waals surface area contributed by atoms with Crippen LogP contribution in [0.1, 0.15) is 16.1 Å². The standard InChI is InChI=1S/C22H22ClN3O6/c1-29-19-10-15(2-4-18(19)31-14-21(27)25-6-8-30-9-7-25)22(28)32-13-17-12-26-11-16(23)3-5-20(26)24-17/h2-5,10-12H,6-9,13-14H2,1H3. The average Bonchev–Trinajstić information content (AvgIpc) is 3.23. The van der Waals surface area contributed by atoms with E-state index in [9.17, 15) is 9.59 Å². The zero-order valence-electron chi connectivity index (χ0n) is 17.5. The van der Waals surface area contributed by atoms with E-state index in [0.29, 0.717) is 59.7 Å². The summed E-state index contributed by atoms with van der Waals surface area (Å²) in [6, 6.07) is 8.17. The number of benzene rings is 1. The SMILES string of the molecule is COc1cc(C(=O)OCc2cn3cc(Cl)ccc3n2)ccc1OCC(=O)N1CCOCC1. The fourth-order valence-electron chi connectivity index (χ4n) is 3.27. The third-order valence-electron chi connectivity index (χ3n) is 4.93. The number of ether oxygens (including phenoxy) is 4. The van der Waals surface area contributed by atoms with Crippen LogP contribution < -0.4 is 9.47 Å². The van der Waals surface area contributed by atoms with E-state index in [0.717, 1.165) is 0 Å². The second kappa shape index (κ2) is 9.88. The van der Waals surface area contributed by atoms with Crippen molar-refractivity contribution in [2.45, 2.75) is 6.61 Å². The molecule has 0 saturated carbocycles. The molecule has 0 spiro atoms. The molecule has 1 aliphatic rings. The molecule has 3 aromatic rings. The van der Waals surface area contributed by atoms with E-state index in [1.807, 2.05) is 0 Å². The van der Waals surface area contributed by atoms with E-state index < -0.39 is 5.97 Å². The van der Waals surface area contributed by atoms with Crippen molar-refractivity contribution in [2.75, 3.05) is 40.0 Å². The number of carbonyl (C=O) groups excluding carboxylic acids is 2. The van der Waals surface area contributed by atoms with Crippen LogP contribution in [0.3, 0.4) is 0 Å². The monoisotopic (exact) mass is 459 g/mol. The first-order valence-corrected chi connectivity index (χ1v) is 10.4. The molecule has 1 fully saturated rings. The molecule has 1 aromatic carbocycles. The van der Waals surface area contributed by atoms with Gasteiger partial charge in [-0.3, -0.25) is 4.79 Å². The third kappa shape index (κ3) is 5.12. The number of aromatic nitrogens is 2. The second-order valence-corrected chi connectivity index (χ2v) is 7.51. The second-order valence-electron chi connectivity index (χ2n) is 7.07. The first-order chi connectivity index (χ1) is 15.5. The van der Waals surface area contributed by atoms with Crippen molar-refractivity contribution in [3.63, 3.8) is 0 Å². The molecule has 0 aliphatic carbocycles. The highest BCUT2D eigenvalue weighted by molar-refractivity contribution is 6.30. The highest BCUT2D eigenvalue weighted by Gasteiger charge is 2.19. The van der Waals surface area contributed by atoms with Crippen molar-refractivity contribution < 1.29 is 28.5 Å². The Bertz CT molecular complexity index is 1130. The Morgan fingerprint density at radius 3 is 2.72 bits per heavy atom. The van der Waals surface area contributed by atoms with Crippen LogP contribution in [0.2, 0.25) is 5.02 Å². The molecule has 1 aliphatic heterocycles. The lowest BCUT2D eigenvalue weighted by molar-refractivity contribution is -0.137. The Balaban J connectivity index is 1.36. The molecular formula is C22H22ClN3O6. The van der Waals surface area contributed by atoms with Crippen molar-refractivity contribution in [1.82, 2.24) is 14.3 Å². The predicted molar refractivity (Wildman–Crippen MR) is 115 cm³/mol. The summed E-state index contributed by atoms with van der Waals surface area (Å²) in [5, 5.41) is 0.583. The number of morpholine rings is 1. The zero-order chi connectivity index (χ0) is 22.5. The Labute approximate surface area is 189 Å². The molecule has 1 saturated heterocycles. The lowest BCUT2D eigenvalue weighted by Gasteiger charge is -2.26. The number of rotatable bonds is 7. The lowest BCUT2D eigenvalue weighted by Crippen LogP contribution is -2.43. The van der Waals surface area contributed by atoms with Gasteiger partial charge in [-0.25, -0.2) is 9.78 Å². The van der Waals surface area contributed by atoms with Crippen LogP contribution in [0.4, 0.5) is 0 Å². The summed E-state index contributed by atoms with van der Waals surface area (Å²) in [6.45, 7) is 2.01. The first kappa shape index (κ1) is 21.9. The summed E-state index contributed by atoms with van der Waals surface area (Å²) in [7, 11) is 1.46. The van der Waals surface area contributed by atoms with Gasteiger partial charge < -0.3 is 28.2 Å². The largest absolute Gasteiger partial charge is 0.493 e. The zero-order valence-corrected chi connectivity index (χ0v) is 18.2. The fraction of sp³-hybridized carbons (Fsp3) is 0.318. The van der Waals surface area contributed by atoms with Gasteiger partial charge in [0.15, 0.2) is 18.1 Å².